The molecule has 0 aliphatic carbocycles. The van der Waals surface area contributed by atoms with Gasteiger partial charge in [-0.25, -0.2) is 0 Å². The maximum Gasteiger partial charge on any atom is 0.241 e. The Hall–Kier alpha value is -1.01. The molecular formula is C14H23Cl2N3O2. The summed E-state index contributed by atoms with van der Waals surface area (Å²) < 4.78 is 5.29. The Kier molecular flexibility index (Phi) is 8.66. The fraction of sp³-hybridized carbons (Fsp3) is 0.500. The minimum absolute atomic E-state index is 0. The van der Waals surface area contributed by atoms with Crippen LogP contribution < -0.4 is 11.1 Å². The number of aryl methyl sites for hydroxylation is 1. The number of hydrogen-bond donors (Lipinski definition) is 2. The van der Waals surface area contributed by atoms with Crippen molar-refractivity contribution in [2.75, 3.05) is 37.4 Å². The zero-order valence-electron chi connectivity index (χ0n) is 12.3. The fourth-order valence-electron chi connectivity index (χ4n) is 2.14. The molecule has 1 aliphatic rings. The van der Waals surface area contributed by atoms with Gasteiger partial charge < -0.3 is 15.8 Å². The number of nitrogens with one attached hydrogen (secondary N) is 1. The SMILES string of the molecule is Cc1ccc(N)cc1NC(=O)C(C)N1CCOCC1.Cl.Cl. The van der Waals surface area contributed by atoms with Gasteiger partial charge in [0.2, 0.25) is 5.91 Å². The molecule has 2 rings (SSSR count). The van der Waals surface area contributed by atoms with Crippen LogP contribution in [-0.2, 0) is 9.53 Å². The van der Waals surface area contributed by atoms with Crippen LogP contribution >= 0.6 is 24.8 Å². The number of nitrogens with two attached hydrogens (primary N) is 1. The summed E-state index contributed by atoms with van der Waals surface area (Å²) in [4.78, 5) is 14.4. The van der Waals surface area contributed by atoms with Gasteiger partial charge in [0.15, 0.2) is 0 Å². The first-order valence-corrected chi connectivity index (χ1v) is 6.56. The summed E-state index contributed by atoms with van der Waals surface area (Å²) in [5.74, 6) is -0.00407. The molecule has 1 heterocycles. The van der Waals surface area contributed by atoms with Gasteiger partial charge in [0.25, 0.3) is 0 Å². The lowest BCUT2D eigenvalue weighted by molar-refractivity contribution is -0.122. The lowest BCUT2D eigenvalue weighted by atomic mass is 10.1. The monoisotopic (exact) mass is 335 g/mol. The zero-order valence-corrected chi connectivity index (χ0v) is 13.9. The summed E-state index contributed by atoms with van der Waals surface area (Å²) in [5.41, 5.74) is 8.19. The Morgan fingerprint density at radius 1 is 1.33 bits per heavy atom. The van der Waals surface area contributed by atoms with Crippen molar-refractivity contribution >= 4 is 42.1 Å². The quantitative estimate of drug-likeness (QED) is 0.830. The van der Waals surface area contributed by atoms with E-state index in [1.807, 2.05) is 26.0 Å². The largest absolute Gasteiger partial charge is 0.399 e. The molecule has 1 aliphatic heterocycles. The summed E-state index contributed by atoms with van der Waals surface area (Å²) in [5, 5.41) is 2.95. The average Bonchev–Trinajstić information content (AvgIpc) is 2.43. The molecule has 0 aromatic heterocycles. The summed E-state index contributed by atoms with van der Waals surface area (Å²) >= 11 is 0. The van der Waals surface area contributed by atoms with Gasteiger partial charge in [-0.2, -0.15) is 0 Å². The molecule has 3 N–H and O–H groups in total. The number of halogens is 2. The van der Waals surface area contributed by atoms with Gasteiger partial charge in [0.05, 0.1) is 19.3 Å². The summed E-state index contributed by atoms with van der Waals surface area (Å²) in [6, 6.07) is 5.37. The standard InChI is InChI=1S/C14H21N3O2.2ClH/c1-10-3-4-12(15)9-13(10)16-14(18)11(2)17-5-7-19-8-6-17;;/h3-4,9,11H,5-8,15H2,1-2H3,(H,16,18);2*1H. The topological polar surface area (TPSA) is 67.6 Å². The van der Waals surface area contributed by atoms with Gasteiger partial charge in [-0.15, -0.1) is 24.8 Å². The van der Waals surface area contributed by atoms with Crippen LogP contribution in [-0.4, -0.2) is 43.2 Å². The minimum atomic E-state index is -0.162. The van der Waals surface area contributed by atoms with E-state index in [1.165, 1.54) is 0 Å². The lowest BCUT2D eigenvalue weighted by Crippen LogP contribution is -2.47. The summed E-state index contributed by atoms with van der Waals surface area (Å²) in [7, 11) is 0. The minimum Gasteiger partial charge on any atom is -0.399 e. The van der Waals surface area contributed by atoms with E-state index >= 15 is 0 Å². The van der Waals surface area contributed by atoms with Crippen molar-refractivity contribution in [3.63, 3.8) is 0 Å². The molecule has 1 unspecified atom stereocenters. The smallest absolute Gasteiger partial charge is 0.241 e. The van der Waals surface area contributed by atoms with E-state index in [0.29, 0.717) is 18.9 Å². The normalized spacial score (nSPS) is 16.3. The van der Waals surface area contributed by atoms with Crippen molar-refractivity contribution in [3.05, 3.63) is 23.8 Å². The maximum absolute atomic E-state index is 12.2. The maximum atomic E-state index is 12.2. The van der Waals surface area contributed by atoms with Gasteiger partial charge in [-0.1, -0.05) is 6.07 Å². The van der Waals surface area contributed by atoms with E-state index in [0.717, 1.165) is 24.3 Å². The molecule has 1 aromatic carbocycles. The number of carbonyl (C=O) groups is 1. The molecule has 0 bridgehead atoms. The van der Waals surface area contributed by atoms with Crippen LogP contribution in [0.15, 0.2) is 18.2 Å². The molecule has 1 aromatic rings. The van der Waals surface area contributed by atoms with Crippen molar-refractivity contribution in [2.45, 2.75) is 19.9 Å². The summed E-state index contributed by atoms with van der Waals surface area (Å²) in [6.45, 7) is 6.84. The number of morpholine rings is 1. The molecule has 0 radical (unpaired) electrons. The van der Waals surface area contributed by atoms with E-state index in [2.05, 4.69) is 10.2 Å². The lowest BCUT2D eigenvalue weighted by Gasteiger charge is -2.31. The van der Waals surface area contributed by atoms with E-state index in [1.54, 1.807) is 6.07 Å². The van der Waals surface area contributed by atoms with Crippen LogP contribution in [0.2, 0.25) is 0 Å². The Bertz CT molecular complexity index is 466. The molecule has 1 atom stereocenters. The predicted octanol–water partition coefficient (Wildman–Crippen LogP) is 2.08. The van der Waals surface area contributed by atoms with Crippen LogP contribution in [0.3, 0.4) is 0 Å². The number of nitrogens with zero attached hydrogens (tertiary/aromatic N) is 1. The molecule has 0 spiro atoms. The second-order valence-corrected chi connectivity index (χ2v) is 4.89. The van der Waals surface area contributed by atoms with Crippen LogP contribution in [0.25, 0.3) is 0 Å². The van der Waals surface area contributed by atoms with Gasteiger partial charge in [0.1, 0.15) is 0 Å². The number of benzene rings is 1. The van der Waals surface area contributed by atoms with Crippen LogP contribution in [0.5, 0.6) is 0 Å². The Balaban J connectivity index is 0.00000200. The third-order valence-corrected chi connectivity index (χ3v) is 3.49. The van der Waals surface area contributed by atoms with Crippen molar-refractivity contribution < 1.29 is 9.53 Å². The average molecular weight is 336 g/mol. The molecular weight excluding hydrogens is 313 g/mol. The molecule has 5 nitrogen and oxygen atoms in total. The van der Waals surface area contributed by atoms with E-state index in [-0.39, 0.29) is 36.8 Å². The molecule has 7 heteroatoms. The predicted molar refractivity (Wildman–Crippen MR) is 90.6 cm³/mol. The molecule has 21 heavy (non-hydrogen) atoms. The second-order valence-electron chi connectivity index (χ2n) is 4.89. The third kappa shape index (κ3) is 5.36. The number of nitrogen functional groups attached to an aromatic ring is 1. The van der Waals surface area contributed by atoms with Crippen molar-refractivity contribution in [1.82, 2.24) is 4.90 Å². The second kappa shape index (κ2) is 9.10. The highest BCUT2D eigenvalue weighted by atomic mass is 35.5. The molecule has 1 fully saturated rings. The number of amides is 1. The van der Waals surface area contributed by atoms with Gasteiger partial charge >= 0.3 is 0 Å². The van der Waals surface area contributed by atoms with Crippen molar-refractivity contribution in [1.29, 1.82) is 0 Å². The number of ether oxygens (including phenoxy) is 1. The number of hydrogen-bond acceptors (Lipinski definition) is 4. The highest BCUT2D eigenvalue weighted by Gasteiger charge is 2.23. The number of rotatable bonds is 3. The molecule has 1 amide bonds. The van der Waals surface area contributed by atoms with Gasteiger partial charge in [0, 0.05) is 24.5 Å². The van der Waals surface area contributed by atoms with Crippen molar-refractivity contribution in [2.24, 2.45) is 0 Å². The Morgan fingerprint density at radius 3 is 2.57 bits per heavy atom. The van der Waals surface area contributed by atoms with Gasteiger partial charge in [-0.3, -0.25) is 9.69 Å². The number of anilines is 2. The molecule has 120 valence electrons. The number of carbonyl (C=O) groups excluding carboxylic acids is 1. The van der Waals surface area contributed by atoms with E-state index < -0.39 is 0 Å². The first-order chi connectivity index (χ1) is 9.08. The highest BCUT2D eigenvalue weighted by molar-refractivity contribution is 5.95. The first-order valence-electron chi connectivity index (χ1n) is 6.56. The molecule has 1 saturated heterocycles. The van der Waals surface area contributed by atoms with E-state index in [4.69, 9.17) is 10.5 Å². The zero-order chi connectivity index (χ0) is 13.8. The Morgan fingerprint density at radius 2 is 1.95 bits per heavy atom. The molecule has 0 saturated carbocycles. The highest BCUT2D eigenvalue weighted by Crippen LogP contribution is 2.19. The van der Waals surface area contributed by atoms with Gasteiger partial charge in [-0.05, 0) is 31.5 Å². The van der Waals surface area contributed by atoms with Crippen LogP contribution in [0.4, 0.5) is 11.4 Å². The van der Waals surface area contributed by atoms with Crippen LogP contribution in [0.1, 0.15) is 12.5 Å². The van der Waals surface area contributed by atoms with Crippen LogP contribution in [0, 0.1) is 6.92 Å². The first kappa shape index (κ1) is 20.0. The summed E-state index contributed by atoms with van der Waals surface area (Å²) in [6.07, 6.45) is 0. The van der Waals surface area contributed by atoms with Crippen molar-refractivity contribution in [3.8, 4) is 0 Å². The van der Waals surface area contributed by atoms with E-state index in [9.17, 15) is 4.79 Å². The Labute approximate surface area is 138 Å². The fourth-order valence-corrected chi connectivity index (χ4v) is 2.14. The third-order valence-electron chi connectivity index (χ3n) is 3.49.